The largest absolute Gasteiger partial charge is 0.393 e. The highest BCUT2D eigenvalue weighted by Crippen LogP contribution is 2.27. The van der Waals surface area contributed by atoms with Gasteiger partial charge in [-0.05, 0) is 18.8 Å². The number of carbonyl (C=O) groups is 2. The van der Waals surface area contributed by atoms with Gasteiger partial charge < -0.3 is 10.0 Å². The molecule has 1 fully saturated rings. The molecule has 0 aromatic carbocycles. The molecule has 1 rings (SSSR count). The standard InChI is InChI=1S/C8H15N3O3/c1-11(8(14)7(13)10-9)4-5-2-6(12)3-5/h5-6,12H,2-4,9H2,1H3,(H,10,13). The molecule has 0 aliphatic heterocycles. The zero-order chi connectivity index (χ0) is 10.7. The summed E-state index contributed by atoms with van der Waals surface area (Å²) in [4.78, 5) is 23.3. The number of nitrogens with one attached hydrogen (secondary N) is 1. The highest BCUT2D eigenvalue weighted by molar-refractivity contribution is 6.34. The van der Waals surface area contributed by atoms with Gasteiger partial charge in [0.15, 0.2) is 0 Å². The van der Waals surface area contributed by atoms with Gasteiger partial charge in [-0.2, -0.15) is 0 Å². The number of hydrogen-bond donors (Lipinski definition) is 3. The molecule has 6 nitrogen and oxygen atoms in total. The number of carbonyl (C=O) groups excluding carboxylic acids is 2. The van der Waals surface area contributed by atoms with Crippen molar-refractivity contribution < 1.29 is 14.7 Å². The topological polar surface area (TPSA) is 95.7 Å². The molecular formula is C8H15N3O3. The monoisotopic (exact) mass is 201 g/mol. The molecule has 6 heteroatoms. The van der Waals surface area contributed by atoms with Crippen LogP contribution in [0.1, 0.15) is 12.8 Å². The van der Waals surface area contributed by atoms with E-state index in [1.165, 1.54) is 4.90 Å². The Balaban J connectivity index is 2.31. The first-order valence-electron chi connectivity index (χ1n) is 4.48. The number of nitrogens with zero attached hydrogens (tertiary/aromatic N) is 1. The summed E-state index contributed by atoms with van der Waals surface area (Å²) in [6.45, 7) is 0.489. The Bertz CT molecular complexity index is 238. The van der Waals surface area contributed by atoms with E-state index < -0.39 is 11.8 Å². The molecule has 2 amide bonds. The molecule has 1 saturated carbocycles. The van der Waals surface area contributed by atoms with E-state index >= 15 is 0 Å². The molecule has 1 aliphatic rings. The summed E-state index contributed by atoms with van der Waals surface area (Å²) in [5.41, 5.74) is 1.78. The minimum atomic E-state index is -0.813. The summed E-state index contributed by atoms with van der Waals surface area (Å²) in [6.07, 6.45) is 1.15. The van der Waals surface area contributed by atoms with Crippen molar-refractivity contribution >= 4 is 11.8 Å². The Hall–Kier alpha value is -1.14. The Morgan fingerprint density at radius 1 is 1.57 bits per heavy atom. The van der Waals surface area contributed by atoms with Crippen molar-refractivity contribution in [2.24, 2.45) is 11.8 Å². The van der Waals surface area contributed by atoms with Crippen LogP contribution in [0.15, 0.2) is 0 Å². The van der Waals surface area contributed by atoms with Crippen LogP contribution in [-0.4, -0.2) is 41.5 Å². The van der Waals surface area contributed by atoms with E-state index in [0.29, 0.717) is 25.3 Å². The van der Waals surface area contributed by atoms with Crippen LogP contribution in [0.25, 0.3) is 0 Å². The van der Waals surface area contributed by atoms with Crippen molar-refractivity contribution in [1.82, 2.24) is 10.3 Å². The van der Waals surface area contributed by atoms with Crippen LogP contribution in [0.2, 0.25) is 0 Å². The quantitative estimate of drug-likeness (QED) is 0.213. The molecular weight excluding hydrogens is 186 g/mol. The minimum Gasteiger partial charge on any atom is -0.393 e. The van der Waals surface area contributed by atoms with E-state index in [-0.39, 0.29) is 6.10 Å². The van der Waals surface area contributed by atoms with Crippen LogP contribution in [0.5, 0.6) is 0 Å². The third kappa shape index (κ3) is 2.43. The third-order valence-corrected chi connectivity index (χ3v) is 2.41. The molecule has 0 saturated heterocycles. The predicted octanol–water partition coefficient (Wildman–Crippen LogP) is -1.79. The minimum absolute atomic E-state index is 0.244. The lowest BCUT2D eigenvalue weighted by molar-refractivity contribution is -0.145. The molecule has 0 unspecified atom stereocenters. The Labute approximate surface area is 82.0 Å². The number of aliphatic hydroxyl groups is 1. The van der Waals surface area contributed by atoms with Gasteiger partial charge in [0.2, 0.25) is 0 Å². The van der Waals surface area contributed by atoms with Crippen molar-refractivity contribution in [1.29, 1.82) is 0 Å². The van der Waals surface area contributed by atoms with E-state index in [1.54, 1.807) is 12.5 Å². The van der Waals surface area contributed by atoms with Gasteiger partial charge in [0, 0.05) is 13.6 Å². The molecule has 0 atom stereocenters. The van der Waals surface area contributed by atoms with Crippen molar-refractivity contribution in [2.75, 3.05) is 13.6 Å². The number of rotatable bonds is 2. The van der Waals surface area contributed by atoms with Gasteiger partial charge in [-0.25, -0.2) is 5.84 Å². The van der Waals surface area contributed by atoms with Gasteiger partial charge in [0.25, 0.3) is 0 Å². The molecule has 0 aromatic heterocycles. The fourth-order valence-corrected chi connectivity index (χ4v) is 1.55. The summed E-state index contributed by atoms with van der Waals surface area (Å²) in [5.74, 6) is 3.66. The van der Waals surface area contributed by atoms with Crippen LogP contribution in [-0.2, 0) is 9.59 Å². The zero-order valence-corrected chi connectivity index (χ0v) is 8.06. The first kappa shape index (κ1) is 10.9. The predicted molar refractivity (Wildman–Crippen MR) is 48.7 cm³/mol. The molecule has 0 bridgehead atoms. The van der Waals surface area contributed by atoms with E-state index in [9.17, 15) is 9.59 Å². The lowest BCUT2D eigenvalue weighted by Gasteiger charge is -2.34. The average molecular weight is 201 g/mol. The van der Waals surface area contributed by atoms with Crippen LogP contribution in [0.4, 0.5) is 0 Å². The van der Waals surface area contributed by atoms with E-state index in [2.05, 4.69) is 0 Å². The third-order valence-electron chi connectivity index (χ3n) is 2.41. The molecule has 14 heavy (non-hydrogen) atoms. The number of hydrogen-bond acceptors (Lipinski definition) is 4. The van der Waals surface area contributed by atoms with Crippen molar-refractivity contribution in [3.63, 3.8) is 0 Å². The van der Waals surface area contributed by atoms with Crippen LogP contribution in [0.3, 0.4) is 0 Å². The van der Waals surface area contributed by atoms with Crippen LogP contribution >= 0.6 is 0 Å². The summed E-state index contributed by atoms with van der Waals surface area (Å²) >= 11 is 0. The second kappa shape index (κ2) is 4.39. The Kier molecular flexibility index (Phi) is 3.43. The lowest BCUT2D eigenvalue weighted by atomic mass is 9.82. The zero-order valence-electron chi connectivity index (χ0n) is 8.06. The molecule has 0 heterocycles. The fraction of sp³-hybridized carbons (Fsp3) is 0.750. The summed E-state index contributed by atoms with van der Waals surface area (Å²) < 4.78 is 0. The van der Waals surface area contributed by atoms with Gasteiger partial charge in [-0.1, -0.05) is 0 Å². The average Bonchev–Trinajstić information content (AvgIpc) is 2.12. The van der Waals surface area contributed by atoms with Crippen LogP contribution in [0, 0.1) is 5.92 Å². The van der Waals surface area contributed by atoms with Crippen LogP contribution < -0.4 is 11.3 Å². The fourth-order valence-electron chi connectivity index (χ4n) is 1.55. The highest BCUT2D eigenvalue weighted by atomic mass is 16.3. The normalized spacial score (nSPS) is 25.1. The van der Waals surface area contributed by atoms with Gasteiger partial charge in [-0.15, -0.1) is 0 Å². The van der Waals surface area contributed by atoms with Crippen molar-refractivity contribution in [2.45, 2.75) is 18.9 Å². The maximum Gasteiger partial charge on any atom is 0.323 e. The number of aliphatic hydroxyl groups excluding tert-OH is 1. The first-order chi connectivity index (χ1) is 6.54. The number of hydrazine groups is 1. The molecule has 1 aliphatic carbocycles. The second-order valence-corrected chi connectivity index (χ2v) is 3.65. The number of amides is 2. The molecule has 4 N–H and O–H groups in total. The van der Waals surface area contributed by atoms with Gasteiger partial charge in [0.05, 0.1) is 6.10 Å². The summed E-state index contributed by atoms with van der Waals surface area (Å²) in [6, 6.07) is 0. The van der Waals surface area contributed by atoms with E-state index in [0.717, 1.165) is 0 Å². The molecule has 80 valence electrons. The van der Waals surface area contributed by atoms with Gasteiger partial charge >= 0.3 is 11.8 Å². The Morgan fingerprint density at radius 2 is 2.14 bits per heavy atom. The second-order valence-electron chi connectivity index (χ2n) is 3.65. The van der Waals surface area contributed by atoms with Gasteiger partial charge in [0.1, 0.15) is 0 Å². The summed E-state index contributed by atoms with van der Waals surface area (Å²) in [7, 11) is 1.54. The highest BCUT2D eigenvalue weighted by Gasteiger charge is 2.30. The lowest BCUT2D eigenvalue weighted by Crippen LogP contribution is -2.47. The SMILES string of the molecule is CN(CC1CC(O)C1)C(=O)C(=O)NN. The maximum absolute atomic E-state index is 11.2. The smallest absolute Gasteiger partial charge is 0.323 e. The molecule has 0 spiro atoms. The van der Waals surface area contributed by atoms with E-state index in [4.69, 9.17) is 10.9 Å². The number of nitrogens with two attached hydrogens (primary N) is 1. The maximum atomic E-state index is 11.2. The number of likely N-dealkylation sites (N-methyl/N-ethyl adjacent to an activating group) is 1. The molecule has 0 aromatic rings. The molecule has 0 radical (unpaired) electrons. The Morgan fingerprint density at radius 3 is 2.57 bits per heavy atom. The summed E-state index contributed by atoms with van der Waals surface area (Å²) in [5, 5.41) is 9.02. The van der Waals surface area contributed by atoms with Crippen molar-refractivity contribution in [3.05, 3.63) is 0 Å². The van der Waals surface area contributed by atoms with E-state index in [1.807, 2.05) is 0 Å². The first-order valence-corrected chi connectivity index (χ1v) is 4.48. The van der Waals surface area contributed by atoms with Gasteiger partial charge in [-0.3, -0.25) is 15.0 Å². The van der Waals surface area contributed by atoms with Crippen molar-refractivity contribution in [3.8, 4) is 0 Å².